The minimum atomic E-state index is -0.0623. The lowest BCUT2D eigenvalue weighted by molar-refractivity contribution is 0.483. The highest BCUT2D eigenvalue weighted by Gasteiger charge is 2.40. The zero-order valence-corrected chi connectivity index (χ0v) is 42.4. The maximum atomic E-state index is 6.88. The first kappa shape index (κ1) is 45.5. The van der Waals surface area contributed by atoms with Gasteiger partial charge in [0.05, 0.1) is 22.7 Å². The predicted molar refractivity (Wildman–Crippen MR) is 292 cm³/mol. The van der Waals surface area contributed by atoms with Gasteiger partial charge in [0.25, 0.3) is 5.69 Å². The molecule has 0 bridgehead atoms. The third kappa shape index (κ3) is 8.73. The van der Waals surface area contributed by atoms with Crippen molar-refractivity contribution in [2.75, 3.05) is 0 Å². The van der Waals surface area contributed by atoms with Crippen molar-refractivity contribution in [1.82, 2.24) is 18.7 Å². The number of hydrogen-bond donors (Lipinski definition) is 0. The summed E-state index contributed by atoms with van der Waals surface area (Å²) in [4.78, 5) is 4.97. The maximum absolute atomic E-state index is 6.88. The van der Waals surface area contributed by atoms with Crippen LogP contribution in [0.1, 0.15) is 105 Å². The Morgan fingerprint density at radius 3 is 1.78 bits per heavy atom. The van der Waals surface area contributed by atoms with E-state index in [1.165, 1.54) is 38.8 Å². The van der Waals surface area contributed by atoms with E-state index >= 15 is 0 Å². The second-order valence-electron chi connectivity index (χ2n) is 22.9. The summed E-state index contributed by atoms with van der Waals surface area (Å²) in [5.41, 5.74) is 15.9. The van der Waals surface area contributed by atoms with Gasteiger partial charge in [0.15, 0.2) is 0 Å². The monoisotopic (exact) mass is 905 g/mol. The van der Waals surface area contributed by atoms with Crippen molar-refractivity contribution in [3.05, 3.63) is 192 Å². The van der Waals surface area contributed by atoms with Crippen molar-refractivity contribution in [3.63, 3.8) is 0 Å². The summed E-state index contributed by atoms with van der Waals surface area (Å²) in [6.07, 6.45) is 1.93. The standard InChI is InChI=1S/C64H64N4O/c1-61(2,3)45-27-30-56-55(37-45)54-29-28-52(40-58(54)68(56)59-38-46(31-32-65-59)62(4,5)6)69-51-24-17-23-49(39-51)66-41-67(50-35-47(63(7,8)9)34-48(36-50)64(10,11)12)60-53(25-18-26-57(60)66)44-22-16-21-43(33-44)42-19-14-13-15-20-42/h13-40H,1-12H3/q+2. The molecule has 1 aliphatic heterocycles. The fourth-order valence-electron chi connectivity index (χ4n) is 9.48. The minimum absolute atomic E-state index is 0.00364. The molecule has 10 rings (SSSR count). The molecule has 0 spiro atoms. The summed E-state index contributed by atoms with van der Waals surface area (Å²) in [6, 6.07) is 63.2. The van der Waals surface area contributed by atoms with Crippen LogP contribution in [0.2, 0.25) is 0 Å². The minimum Gasteiger partial charge on any atom is -0.457 e. The van der Waals surface area contributed by atoms with Gasteiger partial charge in [0.1, 0.15) is 17.3 Å². The molecule has 9 aromatic rings. The summed E-state index contributed by atoms with van der Waals surface area (Å²) in [5.74, 6) is 2.37. The first-order valence-electron chi connectivity index (χ1n) is 24.4. The van der Waals surface area contributed by atoms with Crippen LogP contribution in [0.25, 0.3) is 49.9 Å². The van der Waals surface area contributed by atoms with Crippen molar-refractivity contribution in [2.45, 2.75) is 105 Å². The molecule has 2 aromatic heterocycles. The quantitative estimate of drug-likeness (QED) is 0.149. The van der Waals surface area contributed by atoms with Gasteiger partial charge in [-0.15, -0.1) is 0 Å². The Hall–Kier alpha value is -7.33. The third-order valence-electron chi connectivity index (χ3n) is 13.6. The van der Waals surface area contributed by atoms with Crippen LogP contribution in [-0.4, -0.2) is 15.6 Å². The van der Waals surface area contributed by atoms with Gasteiger partial charge in [0.2, 0.25) is 11.4 Å². The third-order valence-corrected chi connectivity index (χ3v) is 13.6. The summed E-state index contributed by atoms with van der Waals surface area (Å²) in [6.45, 7) is 27.3. The Morgan fingerprint density at radius 1 is 0.435 bits per heavy atom. The van der Waals surface area contributed by atoms with E-state index in [0.29, 0.717) is 0 Å². The summed E-state index contributed by atoms with van der Waals surface area (Å²) in [5, 5.41) is 2.36. The SMILES string of the molecule is CC(C)(C)c1cc([N+]2=C=[N+](c3cccc(Oc4ccc5c6cc(C(C)(C)C)ccc6n(-c6cc(C(C)(C)C)ccn6)c5c4)c3)c3cccc(-c4cccc(-c5ccccc5)c4)c32)cc(C(C)(C)C)c1. The summed E-state index contributed by atoms with van der Waals surface area (Å²) >= 11 is 0. The van der Waals surface area contributed by atoms with Crippen LogP contribution in [-0.2, 0) is 21.7 Å². The van der Waals surface area contributed by atoms with Crippen molar-refractivity contribution >= 4 is 50.6 Å². The van der Waals surface area contributed by atoms with Crippen LogP contribution in [0.5, 0.6) is 11.5 Å². The van der Waals surface area contributed by atoms with Gasteiger partial charge in [-0.2, -0.15) is 0 Å². The smallest absolute Gasteiger partial charge is 0.457 e. The largest absolute Gasteiger partial charge is 0.503 e. The number of fused-ring (bicyclic) bond motifs is 4. The molecule has 0 amide bonds. The second-order valence-corrected chi connectivity index (χ2v) is 22.9. The van der Waals surface area contributed by atoms with E-state index in [4.69, 9.17) is 9.72 Å². The molecule has 0 radical (unpaired) electrons. The van der Waals surface area contributed by atoms with Crippen LogP contribution in [0.4, 0.5) is 22.7 Å². The van der Waals surface area contributed by atoms with Crippen LogP contribution >= 0.6 is 0 Å². The highest BCUT2D eigenvalue weighted by atomic mass is 16.5. The van der Waals surface area contributed by atoms with Gasteiger partial charge in [-0.25, -0.2) is 4.98 Å². The molecular formula is C64H64N4O+2. The van der Waals surface area contributed by atoms with Crippen molar-refractivity contribution < 1.29 is 4.74 Å². The predicted octanol–water partition coefficient (Wildman–Crippen LogP) is 17.4. The van der Waals surface area contributed by atoms with Crippen molar-refractivity contribution in [1.29, 1.82) is 0 Å². The lowest BCUT2D eigenvalue weighted by atomic mass is 9.80. The molecule has 344 valence electrons. The van der Waals surface area contributed by atoms with E-state index < -0.39 is 0 Å². The van der Waals surface area contributed by atoms with Crippen LogP contribution in [0, 0.1) is 0 Å². The molecule has 0 saturated carbocycles. The molecule has 5 heteroatoms. The fraction of sp³-hybridized carbons (Fsp3) is 0.250. The lowest BCUT2D eigenvalue weighted by Crippen LogP contribution is -2.17. The van der Waals surface area contributed by atoms with E-state index in [1.54, 1.807) is 0 Å². The van der Waals surface area contributed by atoms with Gasteiger partial charge in [-0.05, 0) is 124 Å². The van der Waals surface area contributed by atoms with Gasteiger partial charge in [0, 0.05) is 47.3 Å². The molecule has 0 fully saturated rings. The molecule has 0 aliphatic carbocycles. The molecule has 0 N–H and O–H groups in total. The van der Waals surface area contributed by atoms with E-state index in [9.17, 15) is 0 Å². The first-order chi connectivity index (χ1) is 32.7. The van der Waals surface area contributed by atoms with Crippen molar-refractivity contribution in [2.24, 2.45) is 0 Å². The number of aromatic nitrogens is 2. The summed E-state index contributed by atoms with van der Waals surface area (Å²) in [7, 11) is 0. The molecule has 7 aromatic carbocycles. The molecule has 0 atom stereocenters. The molecule has 69 heavy (non-hydrogen) atoms. The Labute approximate surface area is 408 Å². The average molecular weight is 905 g/mol. The Kier molecular flexibility index (Phi) is 11.0. The highest BCUT2D eigenvalue weighted by Crippen LogP contribution is 2.46. The zero-order chi connectivity index (χ0) is 48.6. The Morgan fingerprint density at radius 2 is 1.07 bits per heavy atom. The van der Waals surface area contributed by atoms with E-state index in [-0.39, 0.29) is 21.7 Å². The van der Waals surface area contributed by atoms with E-state index in [2.05, 4.69) is 261 Å². The highest BCUT2D eigenvalue weighted by molar-refractivity contribution is 6.10. The van der Waals surface area contributed by atoms with E-state index in [1.807, 2.05) is 12.3 Å². The van der Waals surface area contributed by atoms with Gasteiger partial charge in [-0.3, -0.25) is 4.57 Å². The summed E-state index contributed by atoms with van der Waals surface area (Å²) < 4.78 is 13.6. The first-order valence-corrected chi connectivity index (χ1v) is 24.4. The second kappa shape index (κ2) is 16.7. The number of benzene rings is 7. The van der Waals surface area contributed by atoms with Crippen LogP contribution < -0.4 is 13.9 Å². The lowest BCUT2D eigenvalue weighted by Gasteiger charge is -2.24. The fourth-order valence-corrected chi connectivity index (χ4v) is 9.48. The topological polar surface area (TPSA) is 33.1 Å². The Bertz CT molecular complexity index is 3510. The number of ether oxygens (including phenoxy) is 1. The normalized spacial score (nSPS) is 13.2. The van der Waals surface area contributed by atoms with Gasteiger partial charge in [-0.1, -0.05) is 156 Å². The Balaban J connectivity index is 1.12. The van der Waals surface area contributed by atoms with Gasteiger partial charge < -0.3 is 4.74 Å². The number of hydrogen-bond acceptors (Lipinski definition) is 2. The number of pyridine rings is 1. The average Bonchev–Trinajstić information content (AvgIpc) is 3.87. The molecule has 0 saturated heterocycles. The van der Waals surface area contributed by atoms with Crippen LogP contribution in [0.3, 0.4) is 0 Å². The number of nitrogens with zero attached hydrogens (tertiary/aromatic N) is 4. The van der Waals surface area contributed by atoms with E-state index in [0.717, 1.165) is 67.6 Å². The number of para-hydroxylation sites is 1. The van der Waals surface area contributed by atoms with Crippen molar-refractivity contribution in [3.8, 4) is 39.6 Å². The molecule has 0 unspecified atom stereocenters. The molecule has 3 heterocycles. The molecular weight excluding hydrogens is 841 g/mol. The molecule has 1 aliphatic rings. The van der Waals surface area contributed by atoms with Gasteiger partial charge >= 0.3 is 11.7 Å². The van der Waals surface area contributed by atoms with Crippen LogP contribution in [0.15, 0.2) is 170 Å². The number of rotatable bonds is 7. The maximum Gasteiger partial charge on any atom is 0.503 e. The zero-order valence-electron chi connectivity index (χ0n) is 42.4. The molecule has 5 nitrogen and oxygen atoms in total.